The van der Waals surface area contributed by atoms with Gasteiger partial charge in [-0.2, -0.15) is 0 Å². The first-order valence-corrected chi connectivity index (χ1v) is 21.9. The Kier molecular flexibility index (Phi) is 11.5. The molecular weight excluding hydrogens is 963 g/mol. The van der Waals surface area contributed by atoms with Crippen LogP contribution in [0.2, 0.25) is 0 Å². The van der Waals surface area contributed by atoms with Crippen molar-refractivity contribution in [2.24, 2.45) is 0 Å². The first kappa shape index (κ1) is 42.7. The smallest absolute Gasteiger partial charge is 0.139 e. The zero-order valence-electron chi connectivity index (χ0n) is 37.2. The number of para-hydroxylation sites is 3. The number of furan rings is 2. The minimum absolute atomic E-state index is 0. The molecule has 11 aromatic rings. The monoisotopic (exact) mass is 1010 g/mol. The molecule has 0 unspecified atom stereocenters. The fourth-order valence-electron chi connectivity index (χ4n) is 8.76. The van der Waals surface area contributed by atoms with Gasteiger partial charge < -0.3 is 18.4 Å². The maximum atomic E-state index is 6.89. The Hall–Kier alpha value is -6.59. The predicted molar refractivity (Wildman–Crippen MR) is 261 cm³/mol. The normalized spacial score (nSPS) is 11.8. The van der Waals surface area contributed by atoms with Crippen molar-refractivity contribution in [2.75, 3.05) is 0 Å². The Morgan fingerprint density at radius 1 is 0.594 bits per heavy atom. The van der Waals surface area contributed by atoms with Crippen molar-refractivity contribution in [1.29, 1.82) is 0 Å². The molecule has 4 aromatic heterocycles. The minimum Gasteiger partial charge on any atom is -0.500 e. The van der Waals surface area contributed by atoms with Crippen molar-refractivity contribution in [3.63, 3.8) is 0 Å². The number of nitrogens with zero attached hydrogens (tertiary/aromatic N) is 3. The minimum atomic E-state index is 0. The Labute approximate surface area is 388 Å². The molecule has 64 heavy (non-hydrogen) atoms. The Morgan fingerprint density at radius 2 is 1.30 bits per heavy atom. The van der Waals surface area contributed by atoms with Gasteiger partial charge in [0.1, 0.15) is 16.7 Å². The van der Waals surface area contributed by atoms with Crippen molar-refractivity contribution >= 4 is 54.9 Å². The van der Waals surface area contributed by atoms with E-state index in [2.05, 4.69) is 173 Å². The molecule has 0 bridgehead atoms. The van der Waals surface area contributed by atoms with Crippen LogP contribution in [0.25, 0.3) is 94.4 Å². The quantitative estimate of drug-likeness (QED) is 0.156. The zero-order chi connectivity index (χ0) is 43.4. The molecule has 0 aliphatic heterocycles. The third kappa shape index (κ3) is 7.65. The van der Waals surface area contributed by atoms with Crippen molar-refractivity contribution < 1.29 is 28.9 Å². The summed E-state index contributed by atoms with van der Waals surface area (Å²) in [5.41, 5.74) is 15.7. The van der Waals surface area contributed by atoms with E-state index in [9.17, 15) is 0 Å². The summed E-state index contributed by atoms with van der Waals surface area (Å²) in [7, 11) is 0. The molecule has 0 fully saturated rings. The summed E-state index contributed by atoms with van der Waals surface area (Å²) >= 11 is 0. The molecule has 0 aliphatic rings. The van der Waals surface area contributed by atoms with Gasteiger partial charge in [-0.15, -0.1) is 54.1 Å². The van der Waals surface area contributed by atoms with Crippen molar-refractivity contribution in [1.82, 2.24) is 14.5 Å². The fraction of sp³-hybridized carbons (Fsp3) is 0.172. The molecule has 319 valence electrons. The van der Waals surface area contributed by atoms with Crippen LogP contribution in [-0.2, 0) is 25.5 Å². The fourth-order valence-corrected chi connectivity index (χ4v) is 8.76. The Bertz CT molecular complexity index is 3400. The van der Waals surface area contributed by atoms with Crippen LogP contribution >= 0.6 is 0 Å². The van der Waals surface area contributed by atoms with E-state index < -0.39 is 0 Å². The van der Waals surface area contributed by atoms with Crippen LogP contribution in [0.15, 0.2) is 167 Å². The van der Waals surface area contributed by atoms with E-state index in [1.807, 2.05) is 54.7 Å². The third-order valence-electron chi connectivity index (χ3n) is 12.1. The first-order chi connectivity index (χ1) is 30.5. The van der Waals surface area contributed by atoms with E-state index in [4.69, 9.17) is 13.8 Å². The molecule has 1 radical (unpaired) electrons. The van der Waals surface area contributed by atoms with Crippen LogP contribution in [0, 0.1) is 12.1 Å². The van der Waals surface area contributed by atoms with Gasteiger partial charge in [-0.05, 0) is 93.2 Å². The molecule has 6 heteroatoms. The van der Waals surface area contributed by atoms with E-state index in [-0.39, 0.29) is 37.4 Å². The summed E-state index contributed by atoms with van der Waals surface area (Å²) in [5.74, 6) is 1.36. The van der Waals surface area contributed by atoms with Gasteiger partial charge in [0.25, 0.3) is 0 Å². The van der Waals surface area contributed by atoms with Crippen LogP contribution in [0.1, 0.15) is 77.0 Å². The van der Waals surface area contributed by atoms with Crippen LogP contribution in [0.5, 0.6) is 0 Å². The first-order valence-electron chi connectivity index (χ1n) is 21.9. The Morgan fingerprint density at radius 3 is 2.00 bits per heavy atom. The second-order valence-electron chi connectivity index (χ2n) is 18.0. The molecular formula is C58H49IrN3O2-2. The number of rotatable bonds is 6. The van der Waals surface area contributed by atoms with Gasteiger partial charge in [0, 0.05) is 42.8 Å². The van der Waals surface area contributed by atoms with E-state index in [0.29, 0.717) is 0 Å². The zero-order valence-corrected chi connectivity index (χ0v) is 39.6. The molecule has 4 heterocycles. The summed E-state index contributed by atoms with van der Waals surface area (Å²) in [6, 6.07) is 59.1. The maximum absolute atomic E-state index is 6.89. The van der Waals surface area contributed by atoms with Gasteiger partial charge in [0.05, 0.1) is 27.8 Å². The van der Waals surface area contributed by atoms with Crippen LogP contribution in [0.3, 0.4) is 0 Å². The average Bonchev–Trinajstić information content (AvgIpc) is 4.00. The Balaban J connectivity index is 0.000000258. The number of hydrogen-bond acceptors (Lipinski definition) is 4. The average molecular weight is 1010 g/mol. The van der Waals surface area contributed by atoms with E-state index in [0.717, 1.165) is 77.6 Å². The van der Waals surface area contributed by atoms with Gasteiger partial charge in [-0.3, -0.25) is 4.98 Å². The summed E-state index contributed by atoms with van der Waals surface area (Å²) in [6.07, 6.45) is 1.95. The number of fused-ring (bicyclic) bond motifs is 8. The predicted octanol–water partition coefficient (Wildman–Crippen LogP) is 16.0. The van der Waals surface area contributed by atoms with Gasteiger partial charge in [-0.1, -0.05) is 132 Å². The van der Waals surface area contributed by atoms with E-state index in [1.54, 1.807) is 0 Å². The summed E-state index contributed by atoms with van der Waals surface area (Å²) in [4.78, 5) is 9.80. The molecule has 0 spiro atoms. The largest absolute Gasteiger partial charge is 0.500 e. The molecule has 0 saturated carbocycles. The van der Waals surface area contributed by atoms with E-state index >= 15 is 0 Å². The number of pyridine rings is 1. The SMILES string of the molecule is CC(C)(C)c1ccc(-c2[c-]cccc2)nc1.CC(C)c1cc(-c2ccccc2)cc(C(C)C)c1-n1c(-c2[c-]ccc3c2oc2c3ccc3oc4ccccc4c32)nc2ccccc21.[Ir]. The van der Waals surface area contributed by atoms with Crippen molar-refractivity contribution in [2.45, 2.75) is 65.7 Å². The molecule has 5 nitrogen and oxygen atoms in total. The van der Waals surface area contributed by atoms with Crippen molar-refractivity contribution in [3.05, 3.63) is 187 Å². The molecule has 7 aromatic carbocycles. The summed E-state index contributed by atoms with van der Waals surface area (Å²) in [5, 5.41) is 4.13. The second kappa shape index (κ2) is 17.2. The molecule has 0 saturated heterocycles. The van der Waals surface area contributed by atoms with E-state index in [1.165, 1.54) is 33.5 Å². The van der Waals surface area contributed by atoms with Crippen LogP contribution < -0.4 is 0 Å². The van der Waals surface area contributed by atoms with Crippen LogP contribution in [-0.4, -0.2) is 14.5 Å². The topological polar surface area (TPSA) is 57.0 Å². The number of aromatic nitrogens is 3. The molecule has 0 N–H and O–H groups in total. The van der Waals surface area contributed by atoms with Crippen LogP contribution in [0.4, 0.5) is 0 Å². The second-order valence-corrected chi connectivity index (χ2v) is 18.0. The van der Waals surface area contributed by atoms with Gasteiger partial charge in [0.15, 0.2) is 0 Å². The summed E-state index contributed by atoms with van der Waals surface area (Å²) in [6.45, 7) is 15.7. The maximum Gasteiger partial charge on any atom is 0.139 e. The molecule has 11 rings (SSSR count). The number of hydrogen-bond donors (Lipinski definition) is 0. The van der Waals surface area contributed by atoms with Gasteiger partial charge in [-0.25, -0.2) is 0 Å². The molecule has 0 atom stereocenters. The third-order valence-corrected chi connectivity index (χ3v) is 12.1. The van der Waals surface area contributed by atoms with Gasteiger partial charge >= 0.3 is 0 Å². The van der Waals surface area contributed by atoms with Crippen molar-refractivity contribution in [3.8, 4) is 39.5 Å². The van der Waals surface area contributed by atoms with Gasteiger partial charge in [0.2, 0.25) is 0 Å². The summed E-state index contributed by atoms with van der Waals surface area (Å²) < 4.78 is 15.5. The standard InChI is InChI=1S/C43H33N2O2.C15H16N.Ir/c1-25(2)33-23-28(27-13-6-5-7-14-27)24-34(26(3)4)40(33)45-36-19-10-9-18-35(36)44-43(45)32-17-12-16-29-30-21-22-38-39(42(30)47-41(29)32)31-15-8-11-20-37(31)46-38;1-15(2,3)13-9-10-14(16-11-13)12-7-5-4-6-8-12;/h5-16,18-26H,1-4H3;4-7,9-11H,1-3H3;/q2*-1;. The molecule has 0 amide bonds. The molecule has 0 aliphatic carbocycles. The number of benzene rings is 7. The number of imidazole rings is 1.